The first-order valence-corrected chi connectivity index (χ1v) is 8.87. The summed E-state index contributed by atoms with van der Waals surface area (Å²) in [6, 6.07) is 12.2. The Labute approximate surface area is 159 Å². The molecule has 1 aliphatic rings. The topological polar surface area (TPSA) is 59.1 Å². The Morgan fingerprint density at radius 1 is 1.07 bits per heavy atom. The molecule has 27 heavy (non-hydrogen) atoms. The van der Waals surface area contributed by atoms with Crippen molar-refractivity contribution in [2.24, 2.45) is 0 Å². The Morgan fingerprint density at radius 2 is 1.85 bits per heavy atom. The maximum absolute atomic E-state index is 13.0. The molecule has 0 radical (unpaired) electrons. The van der Waals surface area contributed by atoms with E-state index in [1.165, 1.54) is 0 Å². The minimum absolute atomic E-state index is 0.128. The minimum atomic E-state index is -0.567. The van der Waals surface area contributed by atoms with E-state index < -0.39 is 6.04 Å². The summed E-state index contributed by atoms with van der Waals surface area (Å²) in [5, 5.41) is 0. The molecule has 0 saturated carbocycles. The van der Waals surface area contributed by atoms with E-state index in [-0.39, 0.29) is 11.8 Å². The predicted molar refractivity (Wildman–Crippen MR) is 104 cm³/mol. The molecule has 3 rings (SSSR count). The number of carbonyl (C=O) groups is 2. The second-order valence-electron chi connectivity index (χ2n) is 6.57. The summed E-state index contributed by atoms with van der Waals surface area (Å²) in [5.74, 6) is 0.963. The molecule has 0 spiro atoms. The summed E-state index contributed by atoms with van der Waals surface area (Å²) in [6.07, 6.45) is 0. The molecular formula is C21H24N2O4. The summed E-state index contributed by atoms with van der Waals surface area (Å²) in [4.78, 5) is 29.2. The van der Waals surface area contributed by atoms with Crippen LogP contribution in [0.5, 0.6) is 11.5 Å². The molecule has 0 N–H and O–H groups in total. The van der Waals surface area contributed by atoms with Gasteiger partial charge < -0.3 is 19.3 Å². The van der Waals surface area contributed by atoms with Crippen molar-refractivity contribution in [3.8, 4) is 11.5 Å². The molecule has 2 aromatic carbocycles. The standard InChI is InChI=1S/C21H24N2O4/c1-14-6-5-7-16(12-14)21(25)22-10-11-23(20(24)15(22)2)18-13-17(26-3)8-9-19(18)27-4/h5-9,12-13,15H,10-11H2,1-4H3/t15-/m1/s1. The zero-order valence-electron chi connectivity index (χ0n) is 16.1. The van der Waals surface area contributed by atoms with Crippen molar-refractivity contribution in [2.45, 2.75) is 19.9 Å². The minimum Gasteiger partial charge on any atom is -0.497 e. The fraction of sp³-hybridized carbons (Fsp3) is 0.333. The molecule has 6 nitrogen and oxygen atoms in total. The molecule has 1 saturated heterocycles. The summed E-state index contributed by atoms with van der Waals surface area (Å²) in [5.41, 5.74) is 2.26. The molecular weight excluding hydrogens is 344 g/mol. The van der Waals surface area contributed by atoms with Crippen molar-refractivity contribution in [3.05, 3.63) is 53.6 Å². The average Bonchev–Trinajstić information content (AvgIpc) is 2.69. The van der Waals surface area contributed by atoms with Crippen LogP contribution in [0.2, 0.25) is 0 Å². The third kappa shape index (κ3) is 3.60. The van der Waals surface area contributed by atoms with E-state index in [9.17, 15) is 9.59 Å². The lowest BCUT2D eigenvalue weighted by molar-refractivity contribution is -0.124. The van der Waals surface area contributed by atoms with Crippen LogP contribution in [0, 0.1) is 6.92 Å². The lowest BCUT2D eigenvalue weighted by Gasteiger charge is -2.39. The Kier molecular flexibility index (Phi) is 5.35. The first-order valence-electron chi connectivity index (χ1n) is 8.87. The molecule has 1 fully saturated rings. The zero-order valence-corrected chi connectivity index (χ0v) is 16.1. The van der Waals surface area contributed by atoms with Crippen molar-refractivity contribution in [1.29, 1.82) is 0 Å². The highest BCUT2D eigenvalue weighted by Gasteiger charge is 2.36. The van der Waals surface area contributed by atoms with Gasteiger partial charge >= 0.3 is 0 Å². The fourth-order valence-electron chi connectivity index (χ4n) is 3.34. The quantitative estimate of drug-likeness (QED) is 0.833. The first-order chi connectivity index (χ1) is 13.0. The van der Waals surface area contributed by atoms with Crippen molar-refractivity contribution in [3.63, 3.8) is 0 Å². The first kappa shape index (κ1) is 18.8. The van der Waals surface area contributed by atoms with E-state index in [0.29, 0.717) is 35.8 Å². The number of nitrogens with zero attached hydrogens (tertiary/aromatic N) is 2. The van der Waals surface area contributed by atoms with Gasteiger partial charge in [0.25, 0.3) is 5.91 Å². The molecule has 1 aliphatic heterocycles. The van der Waals surface area contributed by atoms with Gasteiger partial charge in [-0.1, -0.05) is 17.7 Å². The molecule has 142 valence electrons. The molecule has 1 heterocycles. The number of piperazine rings is 1. The maximum Gasteiger partial charge on any atom is 0.254 e. The smallest absolute Gasteiger partial charge is 0.254 e. The van der Waals surface area contributed by atoms with Gasteiger partial charge in [0.1, 0.15) is 17.5 Å². The van der Waals surface area contributed by atoms with Gasteiger partial charge in [0.05, 0.1) is 19.9 Å². The Morgan fingerprint density at radius 3 is 2.52 bits per heavy atom. The number of anilines is 1. The van der Waals surface area contributed by atoms with Gasteiger partial charge in [0, 0.05) is 24.7 Å². The number of amides is 2. The largest absolute Gasteiger partial charge is 0.497 e. The van der Waals surface area contributed by atoms with Crippen molar-refractivity contribution >= 4 is 17.5 Å². The Hall–Kier alpha value is -3.02. The third-order valence-corrected chi connectivity index (χ3v) is 4.86. The molecule has 0 aromatic heterocycles. The van der Waals surface area contributed by atoms with Gasteiger partial charge in [-0.15, -0.1) is 0 Å². The molecule has 6 heteroatoms. The lowest BCUT2D eigenvalue weighted by Crippen LogP contribution is -2.57. The van der Waals surface area contributed by atoms with Crippen molar-refractivity contribution in [1.82, 2.24) is 4.90 Å². The highest BCUT2D eigenvalue weighted by Crippen LogP contribution is 2.34. The second kappa shape index (κ2) is 7.70. The van der Waals surface area contributed by atoms with E-state index >= 15 is 0 Å². The van der Waals surface area contributed by atoms with E-state index in [0.717, 1.165) is 5.56 Å². The lowest BCUT2D eigenvalue weighted by atomic mass is 10.1. The highest BCUT2D eigenvalue weighted by atomic mass is 16.5. The molecule has 0 unspecified atom stereocenters. The molecule has 2 aromatic rings. The summed E-state index contributed by atoms with van der Waals surface area (Å²) >= 11 is 0. The summed E-state index contributed by atoms with van der Waals surface area (Å²) < 4.78 is 10.7. The van der Waals surface area contributed by atoms with Crippen LogP contribution in [-0.2, 0) is 4.79 Å². The van der Waals surface area contributed by atoms with Gasteiger partial charge in [0.15, 0.2) is 0 Å². The van der Waals surface area contributed by atoms with Crippen LogP contribution in [0.4, 0.5) is 5.69 Å². The number of rotatable bonds is 4. The Balaban J connectivity index is 1.86. The number of hydrogen-bond donors (Lipinski definition) is 0. The summed E-state index contributed by atoms with van der Waals surface area (Å²) in [6.45, 7) is 4.54. The monoisotopic (exact) mass is 368 g/mol. The number of carbonyl (C=O) groups excluding carboxylic acids is 2. The van der Waals surface area contributed by atoms with E-state index in [1.54, 1.807) is 55.2 Å². The van der Waals surface area contributed by atoms with Crippen LogP contribution in [0.1, 0.15) is 22.8 Å². The number of aryl methyl sites for hydroxylation is 1. The van der Waals surface area contributed by atoms with Gasteiger partial charge in [-0.25, -0.2) is 0 Å². The van der Waals surface area contributed by atoms with E-state index in [4.69, 9.17) is 9.47 Å². The van der Waals surface area contributed by atoms with Crippen LogP contribution in [0.3, 0.4) is 0 Å². The average molecular weight is 368 g/mol. The normalized spacial score (nSPS) is 17.0. The molecule has 1 atom stereocenters. The van der Waals surface area contributed by atoms with Crippen LogP contribution < -0.4 is 14.4 Å². The summed E-state index contributed by atoms with van der Waals surface area (Å²) in [7, 11) is 3.14. The van der Waals surface area contributed by atoms with Crippen LogP contribution in [0.15, 0.2) is 42.5 Å². The number of benzene rings is 2. The van der Waals surface area contributed by atoms with Gasteiger partial charge in [0.2, 0.25) is 5.91 Å². The van der Waals surface area contributed by atoms with Crippen LogP contribution in [-0.4, -0.2) is 50.1 Å². The van der Waals surface area contributed by atoms with Crippen molar-refractivity contribution in [2.75, 3.05) is 32.2 Å². The van der Waals surface area contributed by atoms with Crippen LogP contribution >= 0.6 is 0 Å². The van der Waals surface area contributed by atoms with Gasteiger partial charge in [-0.2, -0.15) is 0 Å². The van der Waals surface area contributed by atoms with Gasteiger partial charge in [-0.3, -0.25) is 9.59 Å². The van der Waals surface area contributed by atoms with E-state index in [2.05, 4.69) is 0 Å². The van der Waals surface area contributed by atoms with E-state index in [1.807, 2.05) is 25.1 Å². The highest BCUT2D eigenvalue weighted by molar-refractivity contribution is 6.04. The zero-order chi connectivity index (χ0) is 19.6. The maximum atomic E-state index is 13.0. The number of hydrogen-bond acceptors (Lipinski definition) is 4. The number of ether oxygens (including phenoxy) is 2. The SMILES string of the molecule is COc1ccc(OC)c(N2CCN(C(=O)c3cccc(C)c3)[C@H](C)C2=O)c1. The Bertz CT molecular complexity index is 865. The third-order valence-electron chi connectivity index (χ3n) is 4.86. The van der Waals surface area contributed by atoms with Crippen molar-refractivity contribution < 1.29 is 19.1 Å². The molecule has 0 bridgehead atoms. The van der Waals surface area contributed by atoms with Crippen LogP contribution in [0.25, 0.3) is 0 Å². The van der Waals surface area contributed by atoms with Gasteiger partial charge in [-0.05, 0) is 38.1 Å². The second-order valence-corrected chi connectivity index (χ2v) is 6.57. The predicted octanol–water partition coefficient (Wildman–Crippen LogP) is 2.89. The molecule has 2 amide bonds. The molecule has 0 aliphatic carbocycles. The fourth-order valence-corrected chi connectivity index (χ4v) is 3.34. The number of methoxy groups -OCH3 is 2.